The van der Waals surface area contributed by atoms with Crippen molar-refractivity contribution in [3.05, 3.63) is 29.8 Å². The Labute approximate surface area is 157 Å². The minimum atomic E-state index is -0.790. The fourth-order valence-corrected chi connectivity index (χ4v) is 4.05. The highest BCUT2D eigenvalue weighted by Crippen LogP contribution is 2.48. The number of amides is 3. The number of ether oxygens (including phenoxy) is 1. The number of carboxylic acids is 1. The lowest BCUT2D eigenvalue weighted by atomic mass is 9.81. The maximum Gasteiger partial charge on any atom is 0.317 e. The third-order valence-corrected chi connectivity index (χ3v) is 5.57. The minimum absolute atomic E-state index is 0.0437. The summed E-state index contributed by atoms with van der Waals surface area (Å²) >= 11 is 0. The lowest BCUT2D eigenvalue weighted by molar-refractivity contribution is -0.149. The number of hydrogen-bond acceptors (Lipinski definition) is 4. The summed E-state index contributed by atoms with van der Waals surface area (Å²) in [4.78, 5) is 37.1. The number of likely N-dealkylation sites (tertiary alicyclic amines) is 1. The summed E-state index contributed by atoms with van der Waals surface area (Å²) < 4.78 is 5.40. The topological polar surface area (TPSA) is 108 Å². The first-order chi connectivity index (χ1) is 12.9. The van der Waals surface area contributed by atoms with Crippen LogP contribution in [-0.2, 0) is 16.1 Å². The molecule has 0 aromatic heterocycles. The van der Waals surface area contributed by atoms with Crippen molar-refractivity contribution in [3.8, 4) is 5.75 Å². The van der Waals surface area contributed by atoms with E-state index in [1.807, 2.05) is 6.07 Å². The molecule has 146 valence electrons. The lowest BCUT2D eigenvalue weighted by Gasteiger charge is -2.23. The molecule has 8 nitrogen and oxygen atoms in total. The van der Waals surface area contributed by atoms with E-state index in [-0.39, 0.29) is 31.0 Å². The van der Waals surface area contributed by atoms with E-state index in [2.05, 4.69) is 10.6 Å². The Hall–Kier alpha value is -2.77. The average molecular weight is 375 g/mol. The minimum Gasteiger partial charge on any atom is -0.484 e. The monoisotopic (exact) mass is 375 g/mol. The summed E-state index contributed by atoms with van der Waals surface area (Å²) in [5, 5.41) is 14.9. The molecule has 8 heteroatoms. The van der Waals surface area contributed by atoms with Gasteiger partial charge < -0.3 is 25.4 Å². The van der Waals surface area contributed by atoms with Gasteiger partial charge in [-0.05, 0) is 36.5 Å². The Morgan fingerprint density at radius 3 is 2.89 bits per heavy atom. The molecule has 0 radical (unpaired) electrons. The molecule has 1 aliphatic carbocycles. The summed E-state index contributed by atoms with van der Waals surface area (Å²) in [6.45, 7) is 0.998. The zero-order chi connectivity index (χ0) is 19.4. The highest BCUT2D eigenvalue weighted by atomic mass is 16.5. The number of nitrogens with zero attached hydrogens (tertiary/aromatic N) is 1. The molecular formula is C19H25N3O5. The van der Waals surface area contributed by atoms with Crippen molar-refractivity contribution >= 4 is 17.9 Å². The van der Waals surface area contributed by atoms with Crippen LogP contribution in [0.1, 0.15) is 24.8 Å². The molecule has 1 aromatic carbocycles. The van der Waals surface area contributed by atoms with Crippen molar-refractivity contribution in [1.82, 2.24) is 15.5 Å². The second kappa shape index (κ2) is 7.85. The van der Waals surface area contributed by atoms with Crippen LogP contribution >= 0.6 is 0 Å². The van der Waals surface area contributed by atoms with Crippen molar-refractivity contribution in [1.29, 1.82) is 0 Å². The molecule has 0 bridgehead atoms. The van der Waals surface area contributed by atoms with E-state index >= 15 is 0 Å². The van der Waals surface area contributed by atoms with Gasteiger partial charge in [0.15, 0.2) is 6.61 Å². The molecule has 1 saturated carbocycles. The number of nitrogens with one attached hydrogen (secondary N) is 2. The first kappa shape index (κ1) is 19.0. The fourth-order valence-electron chi connectivity index (χ4n) is 4.05. The number of fused-ring (bicyclic) bond motifs is 1. The molecule has 3 rings (SSSR count). The Bertz CT molecular complexity index is 738. The van der Waals surface area contributed by atoms with Gasteiger partial charge in [-0.1, -0.05) is 18.6 Å². The number of urea groups is 1. The highest BCUT2D eigenvalue weighted by Gasteiger charge is 2.55. The normalized spacial score (nSPS) is 23.6. The second-order valence-corrected chi connectivity index (χ2v) is 7.20. The largest absolute Gasteiger partial charge is 0.484 e. The smallest absolute Gasteiger partial charge is 0.317 e. The molecule has 1 heterocycles. The van der Waals surface area contributed by atoms with Gasteiger partial charge in [-0.2, -0.15) is 0 Å². The van der Waals surface area contributed by atoms with Crippen LogP contribution in [0, 0.1) is 11.3 Å². The van der Waals surface area contributed by atoms with E-state index in [1.165, 1.54) is 0 Å². The Kier molecular flexibility index (Phi) is 5.53. The number of aliphatic carboxylic acids is 1. The maximum atomic E-state index is 12.5. The molecule has 27 heavy (non-hydrogen) atoms. The molecule has 1 aliphatic heterocycles. The number of carboxylic acid groups (broad SMARTS) is 1. The molecule has 1 saturated heterocycles. The summed E-state index contributed by atoms with van der Waals surface area (Å²) in [6.07, 6.45) is 2.41. The molecule has 1 aromatic rings. The van der Waals surface area contributed by atoms with E-state index in [4.69, 9.17) is 4.74 Å². The molecular weight excluding hydrogens is 350 g/mol. The summed E-state index contributed by atoms with van der Waals surface area (Å²) in [7, 11) is 1.54. The van der Waals surface area contributed by atoms with Crippen LogP contribution in [0.15, 0.2) is 24.3 Å². The van der Waals surface area contributed by atoms with Gasteiger partial charge >= 0.3 is 12.0 Å². The molecule has 0 spiro atoms. The molecule has 3 amide bonds. The van der Waals surface area contributed by atoms with Gasteiger partial charge in [0.2, 0.25) is 0 Å². The molecule has 3 N–H and O–H groups in total. The zero-order valence-electron chi connectivity index (χ0n) is 15.4. The number of carbonyl (C=O) groups excluding carboxylic acids is 2. The van der Waals surface area contributed by atoms with Crippen LogP contribution in [-0.4, -0.2) is 54.7 Å². The molecule has 2 fully saturated rings. The van der Waals surface area contributed by atoms with Crippen LogP contribution < -0.4 is 15.4 Å². The van der Waals surface area contributed by atoms with Crippen molar-refractivity contribution in [3.63, 3.8) is 0 Å². The van der Waals surface area contributed by atoms with Crippen LogP contribution in [0.2, 0.25) is 0 Å². The van der Waals surface area contributed by atoms with Gasteiger partial charge in [0.25, 0.3) is 5.91 Å². The SMILES string of the molecule is CNC(=O)COc1cccc(CNC(=O)N2C[C@@H]3CCC[C@@]3(C(=O)O)C2)c1. The molecule has 2 atom stereocenters. The quantitative estimate of drug-likeness (QED) is 0.693. The predicted octanol–water partition coefficient (Wildman–Crippen LogP) is 1.21. The van der Waals surface area contributed by atoms with Gasteiger partial charge in [0.05, 0.1) is 5.41 Å². The van der Waals surface area contributed by atoms with Gasteiger partial charge in [0.1, 0.15) is 5.75 Å². The van der Waals surface area contributed by atoms with Gasteiger partial charge in [-0.3, -0.25) is 9.59 Å². The number of carbonyl (C=O) groups is 3. The van der Waals surface area contributed by atoms with Crippen molar-refractivity contribution in [2.75, 3.05) is 26.7 Å². The Morgan fingerprint density at radius 1 is 1.37 bits per heavy atom. The highest BCUT2D eigenvalue weighted by molar-refractivity contribution is 5.80. The van der Waals surface area contributed by atoms with Crippen molar-refractivity contribution in [2.45, 2.75) is 25.8 Å². The molecule has 2 aliphatic rings. The van der Waals surface area contributed by atoms with Crippen LogP contribution in [0.25, 0.3) is 0 Å². The van der Waals surface area contributed by atoms with Crippen molar-refractivity contribution < 1.29 is 24.2 Å². The summed E-state index contributed by atoms with van der Waals surface area (Å²) in [6, 6.07) is 6.90. The van der Waals surface area contributed by atoms with Crippen molar-refractivity contribution in [2.24, 2.45) is 11.3 Å². The number of likely N-dealkylation sites (N-methyl/N-ethyl adjacent to an activating group) is 1. The molecule has 0 unspecified atom stereocenters. The second-order valence-electron chi connectivity index (χ2n) is 7.20. The van der Waals surface area contributed by atoms with E-state index in [9.17, 15) is 19.5 Å². The standard InChI is InChI=1S/C19H25N3O5/c1-20-16(23)11-27-15-6-2-4-13(8-15)9-21-18(26)22-10-14-5-3-7-19(14,12-22)17(24)25/h2,4,6,8,14H,3,5,7,9-12H2,1H3,(H,20,23)(H,21,26)(H,24,25)/t14-,19+/m0/s1. The van der Waals surface area contributed by atoms with E-state index in [0.29, 0.717) is 25.3 Å². The van der Waals surface area contributed by atoms with Gasteiger partial charge in [-0.25, -0.2) is 4.79 Å². The fraction of sp³-hybridized carbons (Fsp3) is 0.526. The number of benzene rings is 1. The number of rotatable bonds is 6. The maximum absolute atomic E-state index is 12.5. The third-order valence-electron chi connectivity index (χ3n) is 5.57. The van der Waals surface area contributed by atoms with E-state index < -0.39 is 11.4 Å². The lowest BCUT2D eigenvalue weighted by Crippen LogP contribution is -2.41. The summed E-state index contributed by atoms with van der Waals surface area (Å²) in [5.74, 6) is -0.421. The predicted molar refractivity (Wildman–Crippen MR) is 97.2 cm³/mol. The Balaban J connectivity index is 1.54. The Morgan fingerprint density at radius 2 is 2.19 bits per heavy atom. The number of hydrogen-bond donors (Lipinski definition) is 3. The zero-order valence-corrected chi connectivity index (χ0v) is 15.4. The first-order valence-electron chi connectivity index (χ1n) is 9.13. The van der Waals surface area contributed by atoms with Gasteiger partial charge in [-0.15, -0.1) is 0 Å². The first-order valence-corrected chi connectivity index (χ1v) is 9.13. The average Bonchev–Trinajstić information content (AvgIpc) is 3.23. The summed E-state index contributed by atoms with van der Waals surface area (Å²) in [5.41, 5.74) is 0.0652. The van der Waals surface area contributed by atoms with Crippen LogP contribution in [0.4, 0.5) is 4.79 Å². The van der Waals surface area contributed by atoms with Gasteiger partial charge in [0, 0.05) is 26.7 Å². The van der Waals surface area contributed by atoms with Crippen LogP contribution in [0.5, 0.6) is 5.75 Å². The van der Waals surface area contributed by atoms with E-state index in [1.54, 1.807) is 30.1 Å². The third kappa shape index (κ3) is 3.99. The van der Waals surface area contributed by atoms with E-state index in [0.717, 1.165) is 18.4 Å². The van der Waals surface area contributed by atoms with Crippen LogP contribution in [0.3, 0.4) is 0 Å².